The number of benzene rings is 11. The van der Waals surface area contributed by atoms with Gasteiger partial charge in [-0.05, 0) is 109 Å². The summed E-state index contributed by atoms with van der Waals surface area (Å²) in [5.41, 5.74) is 11.7. The number of hydrogen-bond donors (Lipinski definition) is 0. The minimum Gasteiger partial charge on any atom is -0.310 e. The molecule has 2 nitrogen and oxygen atoms in total. The summed E-state index contributed by atoms with van der Waals surface area (Å²) < 4.78 is 2.44. The zero-order valence-corrected chi connectivity index (χ0v) is 32.8. The number of fused-ring (bicyclic) bond motifs is 9. The number of hydrogen-bond acceptors (Lipinski definition) is 1. The van der Waals surface area contributed by atoms with E-state index in [1.165, 1.54) is 87.1 Å². The van der Waals surface area contributed by atoms with Crippen molar-refractivity contribution in [2.75, 3.05) is 4.90 Å². The highest BCUT2D eigenvalue weighted by atomic mass is 15.1. The zero-order chi connectivity index (χ0) is 39.6. The third-order valence-electron chi connectivity index (χ3n) is 12.3. The second kappa shape index (κ2) is 13.9. The minimum atomic E-state index is 1.10. The third kappa shape index (κ3) is 5.57. The van der Waals surface area contributed by atoms with E-state index in [-0.39, 0.29) is 0 Å². The molecule has 2 heteroatoms. The topological polar surface area (TPSA) is 8.17 Å². The van der Waals surface area contributed by atoms with E-state index in [2.05, 4.69) is 240 Å². The van der Waals surface area contributed by atoms with Gasteiger partial charge in [0.2, 0.25) is 0 Å². The predicted octanol–water partition coefficient (Wildman–Crippen LogP) is 16.2. The standard InChI is InChI=1S/C58H38N2/c1-2-16-47(17-3-1)60-57-37-45(29-34-54(57)55-35-28-42-13-6-9-19-51(42)58(55)60)41-26-32-49(33-27-41)59(56-38-46-15-7-8-18-50(46)52-20-10-11-21-53(52)56)48-30-24-40(25-31-48)44-23-22-39-12-4-5-14-43(39)36-44/h1-38H. The maximum atomic E-state index is 2.44. The molecule has 0 atom stereocenters. The number of anilines is 3. The molecule has 0 saturated heterocycles. The summed E-state index contributed by atoms with van der Waals surface area (Å²) in [6.07, 6.45) is 0. The molecule has 0 radical (unpaired) electrons. The second-order valence-electron chi connectivity index (χ2n) is 15.7. The normalized spacial score (nSPS) is 11.7. The van der Waals surface area contributed by atoms with Gasteiger partial charge in [0, 0.05) is 38.6 Å². The summed E-state index contributed by atoms with van der Waals surface area (Å²) in [5.74, 6) is 0. The van der Waals surface area contributed by atoms with Crippen LogP contribution in [0.1, 0.15) is 0 Å². The highest BCUT2D eigenvalue weighted by Gasteiger charge is 2.19. The molecule has 12 aromatic rings. The van der Waals surface area contributed by atoms with Gasteiger partial charge < -0.3 is 9.47 Å². The lowest BCUT2D eigenvalue weighted by atomic mass is 9.98. The van der Waals surface area contributed by atoms with Crippen LogP contribution < -0.4 is 4.90 Å². The van der Waals surface area contributed by atoms with Crippen molar-refractivity contribution in [1.82, 2.24) is 4.57 Å². The van der Waals surface area contributed by atoms with Crippen molar-refractivity contribution in [2.45, 2.75) is 0 Å². The molecule has 280 valence electrons. The van der Waals surface area contributed by atoms with Crippen molar-refractivity contribution in [3.63, 3.8) is 0 Å². The van der Waals surface area contributed by atoms with E-state index in [1.54, 1.807) is 0 Å². The molecule has 0 spiro atoms. The average Bonchev–Trinajstić information content (AvgIpc) is 3.66. The van der Waals surface area contributed by atoms with Gasteiger partial charge in [0.15, 0.2) is 0 Å². The summed E-state index contributed by atoms with van der Waals surface area (Å²) in [5, 5.41) is 12.5. The van der Waals surface area contributed by atoms with Gasteiger partial charge in [0.25, 0.3) is 0 Å². The van der Waals surface area contributed by atoms with Gasteiger partial charge in [-0.2, -0.15) is 0 Å². The molecule has 1 heterocycles. The zero-order valence-electron chi connectivity index (χ0n) is 32.8. The Morgan fingerprint density at radius 2 is 0.800 bits per heavy atom. The highest BCUT2D eigenvalue weighted by Crippen LogP contribution is 2.44. The highest BCUT2D eigenvalue weighted by molar-refractivity contribution is 6.19. The van der Waals surface area contributed by atoms with Crippen LogP contribution in [-0.2, 0) is 0 Å². The van der Waals surface area contributed by atoms with Gasteiger partial charge in [0.1, 0.15) is 0 Å². The first-order valence-corrected chi connectivity index (χ1v) is 20.7. The lowest BCUT2D eigenvalue weighted by molar-refractivity contribution is 1.19. The summed E-state index contributed by atoms with van der Waals surface area (Å²) >= 11 is 0. The van der Waals surface area contributed by atoms with Crippen molar-refractivity contribution >= 4 is 82.0 Å². The van der Waals surface area contributed by atoms with Crippen LogP contribution >= 0.6 is 0 Å². The molecule has 0 bridgehead atoms. The van der Waals surface area contributed by atoms with E-state index < -0.39 is 0 Å². The average molecular weight is 763 g/mol. The van der Waals surface area contributed by atoms with Gasteiger partial charge in [-0.15, -0.1) is 0 Å². The Hall–Kier alpha value is -7.94. The molecule has 0 aliphatic heterocycles. The molecule has 0 aliphatic carbocycles. The van der Waals surface area contributed by atoms with E-state index in [0.717, 1.165) is 22.7 Å². The third-order valence-corrected chi connectivity index (χ3v) is 12.3. The lowest BCUT2D eigenvalue weighted by Crippen LogP contribution is -2.10. The van der Waals surface area contributed by atoms with Crippen molar-refractivity contribution in [3.05, 3.63) is 231 Å². The molecule has 60 heavy (non-hydrogen) atoms. The first-order valence-electron chi connectivity index (χ1n) is 20.7. The molecule has 0 amide bonds. The lowest BCUT2D eigenvalue weighted by Gasteiger charge is -2.28. The number of para-hydroxylation sites is 1. The SMILES string of the molecule is c1ccc(-n2c3cc(-c4ccc(N(c5ccc(-c6ccc7ccccc7c6)cc5)c5cc6ccccc6c6ccccc56)cc4)ccc3c3ccc4ccccc4c32)cc1. The predicted molar refractivity (Wildman–Crippen MR) is 256 cm³/mol. The fourth-order valence-corrected chi connectivity index (χ4v) is 9.42. The largest absolute Gasteiger partial charge is 0.310 e. The summed E-state index contributed by atoms with van der Waals surface area (Å²) in [6, 6.07) is 84.3. The van der Waals surface area contributed by atoms with E-state index >= 15 is 0 Å². The Kier molecular flexibility index (Phi) is 7.89. The summed E-state index contributed by atoms with van der Waals surface area (Å²) in [7, 11) is 0. The Morgan fingerprint density at radius 1 is 0.283 bits per heavy atom. The van der Waals surface area contributed by atoms with Crippen LogP contribution in [0.3, 0.4) is 0 Å². The monoisotopic (exact) mass is 762 g/mol. The molecule has 0 unspecified atom stereocenters. The maximum Gasteiger partial charge on any atom is 0.0619 e. The quantitative estimate of drug-likeness (QED) is 0.153. The van der Waals surface area contributed by atoms with Gasteiger partial charge in [-0.3, -0.25) is 0 Å². The molecule has 0 saturated carbocycles. The van der Waals surface area contributed by atoms with Gasteiger partial charge >= 0.3 is 0 Å². The number of aromatic nitrogens is 1. The van der Waals surface area contributed by atoms with Crippen LogP contribution in [0.25, 0.3) is 92.8 Å². The molecular weight excluding hydrogens is 725 g/mol. The van der Waals surface area contributed by atoms with E-state index in [0.29, 0.717) is 0 Å². The first kappa shape index (κ1) is 34.1. The molecule has 11 aromatic carbocycles. The second-order valence-corrected chi connectivity index (χ2v) is 15.7. The first-order chi connectivity index (χ1) is 29.7. The van der Waals surface area contributed by atoms with Crippen molar-refractivity contribution in [2.24, 2.45) is 0 Å². The molecular formula is C58H38N2. The fraction of sp³-hybridized carbons (Fsp3) is 0. The number of nitrogens with zero attached hydrogens (tertiary/aromatic N) is 2. The Morgan fingerprint density at radius 3 is 1.53 bits per heavy atom. The van der Waals surface area contributed by atoms with Crippen molar-refractivity contribution in [3.8, 4) is 27.9 Å². The van der Waals surface area contributed by atoms with Gasteiger partial charge in [-0.1, -0.05) is 176 Å². The Labute approximate surface area is 348 Å². The Bertz CT molecular complexity index is 3580. The summed E-state index contributed by atoms with van der Waals surface area (Å²) in [4.78, 5) is 2.42. The fourth-order valence-electron chi connectivity index (χ4n) is 9.42. The van der Waals surface area contributed by atoms with Crippen LogP contribution in [0.4, 0.5) is 17.1 Å². The van der Waals surface area contributed by atoms with Crippen molar-refractivity contribution < 1.29 is 0 Å². The van der Waals surface area contributed by atoms with Crippen molar-refractivity contribution in [1.29, 1.82) is 0 Å². The summed E-state index contributed by atoms with van der Waals surface area (Å²) in [6.45, 7) is 0. The molecule has 0 N–H and O–H groups in total. The van der Waals surface area contributed by atoms with Crippen LogP contribution in [-0.4, -0.2) is 4.57 Å². The molecule has 1 aromatic heterocycles. The maximum absolute atomic E-state index is 2.44. The van der Waals surface area contributed by atoms with Crippen LogP contribution in [0.15, 0.2) is 231 Å². The number of rotatable bonds is 6. The molecule has 0 aliphatic rings. The molecule has 0 fully saturated rings. The van der Waals surface area contributed by atoms with Crippen LogP contribution in [0.5, 0.6) is 0 Å². The molecule has 12 rings (SSSR count). The van der Waals surface area contributed by atoms with E-state index in [9.17, 15) is 0 Å². The smallest absolute Gasteiger partial charge is 0.0619 e. The van der Waals surface area contributed by atoms with Crippen LogP contribution in [0.2, 0.25) is 0 Å². The van der Waals surface area contributed by atoms with Gasteiger partial charge in [-0.25, -0.2) is 0 Å². The van der Waals surface area contributed by atoms with E-state index in [4.69, 9.17) is 0 Å². The Balaban J connectivity index is 1.00. The van der Waals surface area contributed by atoms with Gasteiger partial charge in [0.05, 0.1) is 16.7 Å². The van der Waals surface area contributed by atoms with E-state index in [1.807, 2.05) is 0 Å². The minimum absolute atomic E-state index is 1.10. The van der Waals surface area contributed by atoms with Crippen LogP contribution in [0, 0.1) is 0 Å².